The normalized spacial score (nSPS) is 25.4. The predicted molar refractivity (Wildman–Crippen MR) is 99.9 cm³/mol. The Balaban J connectivity index is 2.04. The maximum atomic E-state index is 13.4. The van der Waals surface area contributed by atoms with Gasteiger partial charge < -0.3 is 15.6 Å². The molecule has 0 saturated carbocycles. The first-order valence-corrected chi connectivity index (χ1v) is 10.3. The fraction of sp³-hybridized carbons (Fsp3) is 0.316. The molecular formula is C19H19FN2O5S. The number of rotatable bonds is 4. The number of carbonyl (C=O) groups is 1. The summed E-state index contributed by atoms with van der Waals surface area (Å²) in [4.78, 5) is 13.4. The van der Waals surface area contributed by atoms with Gasteiger partial charge in [-0.3, -0.25) is 4.79 Å². The highest BCUT2D eigenvalue weighted by Gasteiger charge is 2.72. The molecule has 148 valence electrons. The number of Topliss-reactive ketones (excluding diaryl/α,β-unsaturated/α-hetero) is 1. The molecule has 1 aliphatic carbocycles. The molecule has 0 amide bonds. The van der Waals surface area contributed by atoms with E-state index < -0.39 is 33.1 Å². The molecule has 0 radical (unpaired) electrons. The van der Waals surface area contributed by atoms with Crippen LogP contribution >= 0.6 is 0 Å². The molecule has 7 nitrogen and oxygen atoms in total. The van der Waals surface area contributed by atoms with Crippen LogP contribution in [0, 0.1) is 0 Å². The lowest BCUT2D eigenvalue weighted by Gasteiger charge is -2.33. The maximum Gasteiger partial charge on any atom is 0.267 e. The molecule has 0 saturated heterocycles. The number of halogens is 1. The van der Waals surface area contributed by atoms with Crippen LogP contribution in [0.4, 0.5) is 10.1 Å². The van der Waals surface area contributed by atoms with Crippen LogP contribution in [-0.2, 0) is 21.3 Å². The number of aliphatic hydroxyl groups is 1. The average Bonchev–Trinajstić information content (AvgIpc) is 2.99. The van der Waals surface area contributed by atoms with Crippen LogP contribution in [0.2, 0.25) is 0 Å². The van der Waals surface area contributed by atoms with Gasteiger partial charge in [-0.2, -0.15) is 4.72 Å². The summed E-state index contributed by atoms with van der Waals surface area (Å²) in [5.74, 6) is -2.91. The van der Waals surface area contributed by atoms with Gasteiger partial charge in [0.1, 0.15) is 5.75 Å². The number of nitrogens with one attached hydrogen (secondary N) is 1. The zero-order valence-electron chi connectivity index (χ0n) is 15.2. The largest absolute Gasteiger partial charge is 0.455 e. The number of alkyl halides is 1. The minimum atomic E-state index is -4.56. The van der Waals surface area contributed by atoms with Crippen LogP contribution < -0.4 is 15.2 Å². The van der Waals surface area contributed by atoms with E-state index in [1.807, 2.05) is 13.8 Å². The van der Waals surface area contributed by atoms with Crippen molar-refractivity contribution in [1.82, 2.24) is 4.72 Å². The number of anilines is 1. The van der Waals surface area contributed by atoms with E-state index in [1.165, 1.54) is 24.3 Å². The Bertz CT molecular complexity index is 1120. The smallest absolute Gasteiger partial charge is 0.267 e. The Morgan fingerprint density at radius 2 is 1.96 bits per heavy atom. The van der Waals surface area contributed by atoms with E-state index in [0.717, 1.165) is 5.56 Å². The monoisotopic (exact) mass is 406 g/mol. The van der Waals surface area contributed by atoms with Crippen LogP contribution in [0.3, 0.4) is 0 Å². The molecule has 0 bridgehead atoms. The van der Waals surface area contributed by atoms with Crippen molar-refractivity contribution in [2.45, 2.75) is 31.1 Å². The van der Waals surface area contributed by atoms with Crippen molar-refractivity contribution in [3.8, 4) is 5.75 Å². The highest BCUT2D eigenvalue weighted by molar-refractivity contribution is 7.89. The van der Waals surface area contributed by atoms with Gasteiger partial charge in [-0.05, 0) is 23.6 Å². The first kappa shape index (κ1) is 18.9. The lowest BCUT2D eigenvalue weighted by molar-refractivity contribution is -0.166. The summed E-state index contributed by atoms with van der Waals surface area (Å²) < 4.78 is 45.4. The van der Waals surface area contributed by atoms with Gasteiger partial charge in [0.15, 0.2) is 11.3 Å². The molecule has 9 heteroatoms. The number of hydrogen-bond acceptors (Lipinski definition) is 6. The third-order valence-corrected chi connectivity index (χ3v) is 6.23. The van der Waals surface area contributed by atoms with Gasteiger partial charge in [0.05, 0.1) is 5.56 Å². The van der Waals surface area contributed by atoms with Crippen molar-refractivity contribution in [1.29, 1.82) is 0 Å². The summed E-state index contributed by atoms with van der Waals surface area (Å²) in [7, 11) is -4.56. The number of sulfonamides is 1. The standard InChI is InChI=1S/C19H19FN2O5S/c1-10(2)11-6-7-12-15(8-11)27-19(24)13-4-3-5-14(21)16(13)17(23)18(12,19)22-28(25,26)9-20/h3-8,10,22,24H,9,21H2,1-2H3. The van der Waals surface area contributed by atoms with Gasteiger partial charge in [-0.25, -0.2) is 12.8 Å². The molecule has 1 aliphatic heterocycles. The number of ketones is 1. The lowest BCUT2D eigenvalue weighted by Crippen LogP contribution is -2.60. The molecule has 2 unspecified atom stereocenters. The fourth-order valence-corrected chi connectivity index (χ4v) is 4.83. The first-order chi connectivity index (χ1) is 13.1. The molecule has 0 aromatic heterocycles. The van der Waals surface area contributed by atoms with Crippen LogP contribution in [-0.4, -0.2) is 25.3 Å². The van der Waals surface area contributed by atoms with Crippen LogP contribution in [0.15, 0.2) is 36.4 Å². The number of benzene rings is 2. The Morgan fingerprint density at radius 3 is 2.61 bits per heavy atom. The molecule has 2 aromatic carbocycles. The van der Waals surface area contributed by atoms with Crippen molar-refractivity contribution >= 4 is 21.5 Å². The van der Waals surface area contributed by atoms with Crippen molar-refractivity contribution in [2.75, 3.05) is 11.7 Å². The minimum absolute atomic E-state index is 0.0290. The van der Waals surface area contributed by atoms with E-state index in [4.69, 9.17) is 10.5 Å². The molecule has 0 spiro atoms. The van der Waals surface area contributed by atoms with Gasteiger partial charge in [0.25, 0.3) is 5.79 Å². The Kier molecular flexibility index (Phi) is 3.88. The number of nitrogens with two attached hydrogens (primary N) is 1. The second kappa shape index (κ2) is 5.76. The van der Waals surface area contributed by atoms with E-state index in [-0.39, 0.29) is 34.0 Å². The van der Waals surface area contributed by atoms with Crippen LogP contribution in [0.5, 0.6) is 5.75 Å². The molecule has 2 aromatic rings. The number of carbonyl (C=O) groups excluding carboxylic acids is 1. The first-order valence-electron chi connectivity index (χ1n) is 8.64. The number of ether oxygens (including phenoxy) is 1. The third kappa shape index (κ3) is 2.20. The second-order valence-corrected chi connectivity index (χ2v) is 8.98. The molecule has 28 heavy (non-hydrogen) atoms. The number of fused-ring (bicyclic) bond motifs is 5. The highest BCUT2D eigenvalue weighted by atomic mass is 32.2. The van der Waals surface area contributed by atoms with Gasteiger partial charge >= 0.3 is 0 Å². The van der Waals surface area contributed by atoms with Crippen molar-refractivity contribution < 1.29 is 27.4 Å². The van der Waals surface area contributed by atoms with E-state index in [2.05, 4.69) is 4.72 Å². The van der Waals surface area contributed by atoms with Gasteiger partial charge in [0.2, 0.25) is 16.0 Å². The van der Waals surface area contributed by atoms with Gasteiger partial charge in [-0.15, -0.1) is 0 Å². The number of hydrogen-bond donors (Lipinski definition) is 3. The minimum Gasteiger partial charge on any atom is -0.455 e. The maximum absolute atomic E-state index is 13.4. The molecule has 4 rings (SSSR count). The predicted octanol–water partition coefficient (Wildman–Crippen LogP) is 1.87. The van der Waals surface area contributed by atoms with E-state index in [9.17, 15) is 22.7 Å². The summed E-state index contributed by atoms with van der Waals surface area (Å²) in [6, 6.07) is 7.52. The summed E-state index contributed by atoms with van der Waals surface area (Å²) >= 11 is 0. The summed E-state index contributed by atoms with van der Waals surface area (Å²) in [5, 5.41) is 11.5. The summed E-state index contributed by atoms with van der Waals surface area (Å²) in [6.07, 6.45) is 0. The van der Waals surface area contributed by atoms with E-state index >= 15 is 0 Å². The Hall–Kier alpha value is -2.49. The van der Waals surface area contributed by atoms with Crippen LogP contribution in [0.1, 0.15) is 46.8 Å². The second-order valence-electron chi connectivity index (χ2n) is 7.33. The fourth-order valence-electron chi connectivity index (χ4n) is 3.97. The zero-order valence-corrected chi connectivity index (χ0v) is 16.0. The van der Waals surface area contributed by atoms with Gasteiger partial charge in [0, 0.05) is 16.8 Å². The topological polar surface area (TPSA) is 119 Å². The summed E-state index contributed by atoms with van der Waals surface area (Å²) in [6.45, 7) is 3.91. The van der Waals surface area contributed by atoms with Crippen LogP contribution in [0.25, 0.3) is 0 Å². The molecule has 4 N–H and O–H groups in total. The quantitative estimate of drug-likeness (QED) is 0.667. The third-order valence-electron chi connectivity index (χ3n) is 5.32. The molecule has 2 atom stereocenters. The Labute approximate surface area is 161 Å². The molecule has 0 fully saturated rings. The van der Waals surface area contributed by atoms with Gasteiger partial charge in [-0.1, -0.05) is 38.1 Å². The molecule has 2 aliphatic rings. The van der Waals surface area contributed by atoms with E-state index in [1.54, 1.807) is 12.1 Å². The van der Waals surface area contributed by atoms with Crippen molar-refractivity contribution in [3.63, 3.8) is 0 Å². The van der Waals surface area contributed by atoms with Crippen molar-refractivity contribution in [2.24, 2.45) is 0 Å². The average molecular weight is 406 g/mol. The highest BCUT2D eigenvalue weighted by Crippen LogP contribution is 2.59. The zero-order chi connectivity index (χ0) is 20.5. The summed E-state index contributed by atoms with van der Waals surface area (Å²) in [5.41, 5.74) is 4.68. The lowest BCUT2D eigenvalue weighted by atomic mass is 9.83. The van der Waals surface area contributed by atoms with Crippen molar-refractivity contribution in [3.05, 3.63) is 58.7 Å². The Morgan fingerprint density at radius 1 is 1.25 bits per heavy atom. The molecular weight excluding hydrogens is 387 g/mol. The molecule has 1 heterocycles. The SMILES string of the molecule is CC(C)c1ccc2c(c1)OC1(O)c3cccc(N)c3C(=O)C21NS(=O)(=O)CF. The van der Waals surface area contributed by atoms with E-state index in [0.29, 0.717) is 0 Å². The number of nitrogen functional groups attached to an aromatic ring is 1.